The Balaban J connectivity index is 1.35. The summed E-state index contributed by atoms with van der Waals surface area (Å²) in [6.07, 6.45) is 15.2. The molecule has 29 heavy (non-hydrogen) atoms. The first-order valence-corrected chi connectivity index (χ1v) is 11.5. The third kappa shape index (κ3) is 5.08. The Hall–Kier alpha value is -2.14. The molecule has 5 nitrogen and oxygen atoms in total. The molecule has 1 N–H and O–H groups in total. The van der Waals surface area contributed by atoms with Crippen LogP contribution in [0.1, 0.15) is 83.1 Å². The lowest BCUT2D eigenvalue weighted by atomic mass is 10.1. The first-order valence-electron chi connectivity index (χ1n) is 11.5. The van der Waals surface area contributed by atoms with Crippen LogP contribution in [0.15, 0.2) is 35.0 Å². The number of rotatable bonds is 11. The quantitative estimate of drug-likeness (QED) is 0.390. The third-order valence-corrected chi connectivity index (χ3v) is 6.08. The van der Waals surface area contributed by atoms with Crippen molar-refractivity contribution in [3.05, 3.63) is 36.4 Å². The van der Waals surface area contributed by atoms with Crippen LogP contribution in [-0.2, 0) is 6.54 Å². The number of fused-ring (bicyclic) bond motifs is 1. The minimum Gasteiger partial charge on any atom is -0.347 e. The molecule has 0 aliphatic carbocycles. The average Bonchev–Trinajstić information content (AvgIpc) is 3.50. The molecule has 3 aromatic rings. The van der Waals surface area contributed by atoms with E-state index >= 15 is 0 Å². The highest BCUT2D eigenvalue weighted by Gasteiger charge is 2.22. The van der Waals surface area contributed by atoms with Crippen LogP contribution in [0, 0.1) is 0 Å². The summed E-state index contributed by atoms with van der Waals surface area (Å²) in [5, 5.41) is 8.93. The van der Waals surface area contributed by atoms with Gasteiger partial charge in [0.2, 0.25) is 11.7 Å². The summed E-state index contributed by atoms with van der Waals surface area (Å²) in [6.45, 7) is 4.38. The highest BCUT2D eigenvalue weighted by atomic mass is 16.5. The lowest BCUT2D eigenvalue weighted by Crippen LogP contribution is -2.12. The normalized spacial score (nSPS) is 16.8. The van der Waals surface area contributed by atoms with Gasteiger partial charge in [0.15, 0.2) is 0 Å². The number of hydrogen-bond donors (Lipinski definition) is 1. The van der Waals surface area contributed by atoms with Gasteiger partial charge in [-0.1, -0.05) is 69.2 Å². The van der Waals surface area contributed by atoms with Crippen LogP contribution in [0.5, 0.6) is 0 Å². The number of nitrogens with zero attached hydrogens (tertiary/aromatic N) is 3. The highest BCUT2D eigenvalue weighted by Crippen LogP contribution is 2.27. The second-order valence-corrected chi connectivity index (χ2v) is 8.36. The molecule has 1 aliphatic rings. The molecule has 5 heteroatoms. The molecule has 3 heterocycles. The van der Waals surface area contributed by atoms with Crippen LogP contribution < -0.4 is 5.32 Å². The minimum atomic E-state index is 0.214. The number of hydrogen-bond acceptors (Lipinski definition) is 4. The Morgan fingerprint density at radius 3 is 2.69 bits per heavy atom. The maximum absolute atomic E-state index is 5.52. The molecule has 0 spiro atoms. The Morgan fingerprint density at radius 1 is 1.07 bits per heavy atom. The van der Waals surface area contributed by atoms with E-state index in [2.05, 4.69) is 57.4 Å². The van der Waals surface area contributed by atoms with E-state index in [1.54, 1.807) is 0 Å². The van der Waals surface area contributed by atoms with E-state index in [9.17, 15) is 0 Å². The van der Waals surface area contributed by atoms with Gasteiger partial charge >= 0.3 is 0 Å². The van der Waals surface area contributed by atoms with Crippen molar-refractivity contribution in [1.82, 2.24) is 20.0 Å². The number of unbranched alkanes of at least 4 members (excludes halogenated alkanes) is 7. The van der Waals surface area contributed by atoms with Gasteiger partial charge in [0.05, 0.1) is 6.04 Å². The molecule has 156 valence electrons. The van der Waals surface area contributed by atoms with E-state index in [0.717, 1.165) is 25.1 Å². The second-order valence-electron chi connectivity index (χ2n) is 8.36. The maximum Gasteiger partial charge on any atom is 0.244 e. The topological polar surface area (TPSA) is 55.9 Å². The monoisotopic (exact) mass is 394 g/mol. The Morgan fingerprint density at radius 2 is 1.90 bits per heavy atom. The summed E-state index contributed by atoms with van der Waals surface area (Å²) in [6, 6.07) is 8.88. The SMILES string of the molecule is CCCCCCCCCCn1ccc2ccc(-c3noc([C@@H]4CCCN4)n3)cc21. The molecule has 4 rings (SSSR count). The van der Waals surface area contributed by atoms with Crippen molar-refractivity contribution >= 4 is 10.9 Å². The van der Waals surface area contributed by atoms with Crippen molar-refractivity contribution in [3.8, 4) is 11.4 Å². The van der Waals surface area contributed by atoms with Gasteiger partial charge < -0.3 is 14.4 Å². The molecule has 1 fully saturated rings. The molecule has 1 aromatic carbocycles. The van der Waals surface area contributed by atoms with Crippen LogP contribution in [-0.4, -0.2) is 21.3 Å². The molecule has 2 aromatic heterocycles. The molecule has 1 aliphatic heterocycles. The van der Waals surface area contributed by atoms with Crippen molar-refractivity contribution < 1.29 is 4.52 Å². The molecule has 0 saturated carbocycles. The van der Waals surface area contributed by atoms with Crippen LogP contribution in [0.4, 0.5) is 0 Å². The molecule has 0 radical (unpaired) electrons. The first-order chi connectivity index (χ1) is 14.3. The predicted octanol–water partition coefficient (Wildman–Crippen LogP) is 6.26. The highest BCUT2D eigenvalue weighted by molar-refractivity contribution is 5.84. The van der Waals surface area contributed by atoms with Gasteiger partial charge in [-0.25, -0.2) is 0 Å². The average molecular weight is 395 g/mol. The summed E-state index contributed by atoms with van der Waals surface area (Å²) in [5.74, 6) is 1.40. The van der Waals surface area contributed by atoms with E-state index in [1.807, 2.05) is 0 Å². The summed E-state index contributed by atoms with van der Waals surface area (Å²) in [7, 11) is 0. The molecular weight excluding hydrogens is 360 g/mol. The molecule has 1 saturated heterocycles. The third-order valence-electron chi connectivity index (χ3n) is 6.08. The maximum atomic E-state index is 5.52. The van der Waals surface area contributed by atoms with E-state index in [1.165, 1.54) is 68.7 Å². The van der Waals surface area contributed by atoms with Crippen molar-refractivity contribution in [2.75, 3.05) is 6.54 Å². The van der Waals surface area contributed by atoms with Crippen LogP contribution in [0.2, 0.25) is 0 Å². The zero-order valence-corrected chi connectivity index (χ0v) is 17.7. The molecule has 1 atom stereocenters. The van der Waals surface area contributed by atoms with Crippen LogP contribution in [0.3, 0.4) is 0 Å². The molecular formula is C24H34N4O. The van der Waals surface area contributed by atoms with Crippen LogP contribution in [0.25, 0.3) is 22.3 Å². The standard InChI is InChI=1S/C24H34N4O/c1-2-3-4-5-6-7-8-9-16-28-17-14-19-12-13-20(18-22(19)28)23-26-24(29-27-23)21-11-10-15-25-21/h12-14,17-18,21,25H,2-11,15-16H2,1H3/t21-/m0/s1. The number of nitrogens with one attached hydrogen (secondary N) is 1. The predicted molar refractivity (Wildman–Crippen MR) is 118 cm³/mol. The van der Waals surface area contributed by atoms with E-state index in [0.29, 0.717) is 11.7 Å². The van der Waals surface area contributed by atoms with Gasteiger partial charge in [0.25, 0.3) is 0 Å². The van der Waals surface area contributed by atoms with Crippen molar-refractivity contribution in [2.45, 2.75) is 83.7 Å². The first kappa shape index (κ1) is 20.1. The Labute approximate surface area is 173 Å². The van der Waals surface area contributed by atoms with Crippen molar-refractivity contribution in [3.63, 3.8) is 0 Å². The van der Waals surface area contributed by atoms with E-state index in [-0.39, 0.29) is 6.04 Å². The van der Waals surface area contributed by atoms with Gasteiger partial charge in [-0.3, -0.25) is 0 Å². The summed E-state index contributed by atoms with van der Waals surface area (Å²) >= 11 is 0. The number of aromatic nitrogens is 3. The van der Waals surface area contributed by atoms with Gasteiger partial charge in [-0.15, -0.1) is 0 Å². The summed E-state index contributed by atoms with van der Waals surface area (Å²) < 4.78 is 7.89. The van der Waals surface area contributed by atoms with Crippen LogP contribution >= 0.6 is 0 Å². The fourth-order valence-electron chi connectivity index (χ4n) is 4.32. The molecule has 0 bridgehead atoms. The lowest BCUT2D eigenvalue weighted by molar-refractivity contribution is 0.345. The summed E-state index contributed by atoms with van der Waals surface area (Å²) in [4.78, 5) is 4.65. The van der Waals surface area contributed by atoms with Gasteiger partial charge in [-0.05, 0) is 43.3 Å². The van der Waals surface area contributed by atoms with Crippen molar-refractivity contribution in [2.24, 2.45) is 0 Å². The van der Waals surface area contributed by atoms with Gasteiger partial charge in [-0.2, -0.15) is 4.98 Å². The molecule has 0 unspecified atom stereocenters. The van der Waals surface area contributed by atoms with E-state index < -0.39 is 0 Å². The number of benzene rings is 1. The largest absolute Gasteiger partial charge is 0.347 e. The van der Waals surface area contributed by atoms with E-state index in [4.69, 9.17) is 4.52 Å². The second kappa shape index (κ2) is 10.1. The zero-order chi connectivity index (χ0) is 19.9. The Kier molecular flexibility index (Phi) is 6.99. The fraction of sp³-hybridized carbons (Fsp3) is 0.583. The zero-order valence-electron chi connectivity index (χ0n) is 17.7. The summed E-state index contributed by atoms with van der Waals surface area (Å²) in [5.41, 5.74) is 2.29. The Bertz CT molecular complexity index is 891. The smallest absolute Gasteiger partial charge is 0.244 e. The molecule has 0 amide bonds. The van der Waals surface area contributed by atoms with Gasteiger partial charge in [0, 0.05) is 23.8 Å². The fourth-order valence-corrected chi connectivity index (χ4v) is 4.32. The minimum absolute atomic E-state index is 0.214. The lowest BCUT2D eigenvalue weighted by Gasteiger charge is -2.06. The number of aryl methyl sites for hydroxylation is 1. The van der Waals surface area contributed by atoms with Gasteiger partial charge in [0.1, 0.15) is 0 Å². The van der Waals surface area contributed by atoms with Crippen molar-refractivity contribution in [1.29, 1.82) is 0 Å².